The van der Waals surface area contributed by atoms with Crippen LogP contribution in [0.1, 0.15) is 11.1 Å². The summed E-state index contributed by atoms with van der Waals surface area (Å²) in [7, 11) is 0. The number of rotatable bonds is 5. The van der Waals surface area contributed by atoms with Gasteiger partial charge in [-0.25, -0.2) is 9.97 Å². The van der Waals surface area contributed by atoms with Crippen molar-refractivity contribution in [3.63, 3.8) is 0 Å². The van der Waals surface area contributed by atoms with Gasteiger partial charge in [-0.2, -0.15) is 13.2 Å². The lowest BCUT2D eigenvalue weighted by Crippen LogP contribution is -2.16. The van der Waals surface area contributed by atoms with Gasteiger partial charge in [-0.05, 0) is 59.2 Å². The third-order valence-electron chi connectivity index (χ3n) is 5.58. The summed E-state index contributed by atoms with van der Waals surface area (Å²) in [6.45, 7) is 0. The van der Waals surface area contributed by atoms with E-state index >= 15 is 0 Å². The third-order valence-corrected chi connectivity index (χ3v) is 5.93. The van der Waals surface area contributed by atoms with Gasteiger partial charge in [-0.1, -0.05) is 23.7 Å². The van der Waals surface area contributed by atoms with E-state index in [9.17, 15) is 18.0 Å². The zero-order valence-electron chi connectivity index (χ0n) is 18.5. The monoisotopic (exact) mass is 507 g/mol. The predicted octanol–water partition coefficient (Wildman–Crippen LogP) is 6.31. The van der Waals surface area contributed by atoms with Crippen LogP contribution in [0.15, 0.2) is 85.6 Å². The number of benzene rings is 1. The van der Waals surface area contributed by atoms with Crippen LogP contribution in [0.5, 0.6) is 0 Å². The highest BCUT2D eigenvalue weighted by Crippen LogP contribution is 2.31. The molecule has 0 bridgehead atoms. The molecule has 0 aliphatic heterocycles. The molecule has 0 aliphatic carbocycles. The first-order chi connectivity index (χ1) is 17.3. The molecule has 5 rings (SSSR count). The molecule has 4 heterocycles. The number of anilines is 1. The van der Waals surface area contributed by atoms with Crippen molar-refractivity contribution in [1.29, 1.82) is 0 Å². The Kier molecular flexibility index (Phi) is 6.15. The molecule has 6 nitrogen and oxygen atoms in total. The number of pyridine rings is 3. The summed E-state index contributed by atoms with van der Waals surface area (Å²) in [6.07, 6.45) is 3.47. The second-order valence-electron chi connectivity index (χ2n) is 7.98. The Morgan fingerprint density at radius 2 is 1.72 bits per heavy atom. The second kappa shape index (κ2) is 9.43. The van der Waals surface area contributed by atoms with Crippen molar-refractivity contribution < 1.29 is 18.0 Å². The minimum absolute atomic E-state index is 0.126. The predicted molar refractivity (Wildman–Crippen MR) is 130 cm³/mol. The maximum absolute atomic E-state index is 12.9. The number of halogens is 4. The van der Waals surface area contributed by atoms with Crippen LogP contribution in [-0.4, -0.2) is 25.3 Å². The number of alkyl halides is 3. The van der Waals surface area contributed by atoms with Gasteiger partial charge in [0.25, 0.3) is 0 Å². The molecule has 0 aliphatic rings. The van der Waals surface area contributed by atoms with Crippen LogP contribution in [0, 0.1) is 0 Å². The smallest absolute Gasteiger partial charge is 0.310 e. The largest absolute Gasteiger partial charge is 0.416 e. The van der Waals surface area contributed by atoms with Gasteiger partial charge < -0.3 is 5.32 Å². The van der Waals surface area contributed by atoms with Crippen molar-refractivity contribution in [1.82, 2.24) is 19.4 Å². The van der Waals surface area contributed by atoms with Gasteiger partial charge in [-0.15, -0.1) is 0 Å². The number of carbonyl (C=O) groups is 1. The van der Waals surface area contributed by atoms with E-state index in [4.69, 9.17) is 11.6 Å². The van der Waals surface area contributed by atoms with E-state index in [1.54, 1.807) is 30.7 Å². The molecule has 4 aromatic heterocycles. The van der Waals surface area contributed by atoms with Gasteiger partial charge in [0.1, 0.15) is 11.5 Å². The van der Waals surface area contributed by atoms with Crippen LogP contribution in [0.2, 0.25) is 5.02 Å². The number of aromatic nitrogens is 4. The Bertz CT molecular complexity index is 1570. The first-order valence-corrected chi connectivity index (χ1v) is 11.1. The van der Waals surface area contributed by atoms with Crippen molar-refractivity contribution in [3.8, 4) is 22.4 Å². The molecule has 1 N–H and O–H groups in total. The summed E-state index contributed by atoms with van der Waals surface area (Å²) in [5.41, 5.74) is 4.05. The van der Waals surface area contributed by atoms with Crippen LogP contribution in [0.3, 0.4) is 0 Å². The van der Waals surface area contributed by atoms with E-state index in [1.807, 2.05) is 40.9 Å². The first kappa shape index (κ1) is 23.5. The maximum atomic E-state index is 12.9. The topological polar surface area (TPSA) is 72.2 Å². The molecule has 0 unspecified atom stereocenters. The molecule has 10 heteroatoms. The number of nitrogens with zero attached hydrogens (tertiary/aromatic N) is 4. The zero-order chi connectivity index (χ0) is 25.3. The lowest BCUT2D eigenvalue weighted by Gasteiger charge is -2.10. The fourth-order valence-corrected chi connectivity index (χ4v) is 4.05. The number of nitrogens with one attached hydrogen (secondary N) is 1. The molecular weight excluding hydrogens is 491 g/mol. The highest BCUT2D eigenvalue weighted by molar-refractivity contribution is 6.31. The standard InChI is InChI=1S/C26H17ClF3N5O/c27-21-11-19(22-15-33-24-12-17(6-10-35(22)24)16-3-7-31-8-4-16)2-1-18(21)13-25(36)34-23-14-20(5-9-32-23)26(28,29)30/h1-12,14-15H,13H2,(H,32,34,36). The van der Waals surface area contributed by atoms with Crippen LogP contribution in [0.4, 0.5) is 19.0 Å². The van der Waals surface area contributed by atoms with E-state index < -0.39 is 17.6 Å². The first-order valence-electron chi connectivity index (χ1n) is 10.8. The van der Waals surface area contributed by atoms with Crippen molar-refractivity contribution in [2.24, 2.45) is 0 Å². The summed E-state index contributed by atoms with van der Waals surface area (Å²) >= 11 is 6.45. The molecule has 0 radical (unpaired) electrons. The average Bonchev–Trinajstić information content (AvgIpc) is 3.29. The van der Waals surface area contributed by atoms with Gasteiger partial charge in [0.05, 0.1) is 23.9 Å². The molecule has 1 aromatic carbocycles. The summed E-state index contributed by atoms with van der Waals surface area (Å²) in [4.78, 5) is 24.8. The van der Waals surface area contributed by atoms with E-state index in [1.165, 1.54) is 0 Å². The fraction of sp³-hybridized carbons (Fsp3) is 0.0769. The Morgan fingerprint density at radius 1 is 0.917 bits per heavy atom. The number of hydrogen-bond acceptors (Lipinski definition) is 4. The molecule has 36 heavy (non-hydrogen) atoms. The number of carbonyl (C=O) groups excluding carboxylic acids is 1. The number of hydrogen-bond donors (Lipinski definition) is 1. The van der Waals surface area contributed by atoms with E-state index in [-0.39, 0.29) is 12.2 Å². The number of fused-ring (bicyclic) bond motifs is 1. The van der Waals surface area contributed by atoms with Gasteiger partial charge in [-0.3, -0.25) is 14.2 Å². The van der Waals surface area contributed by atoms with Gasteiger partial charge in [0.15, 0.2) is 0 Å². The average molecular weight is 508 g/mol. The summed E-state index contributed by atoms with van der Waals surface area (Å²) in [5.74, 6) is -0.714. The molecule has 5 aromatic rings. The van der Waals surface area contributed by atoms with Crippen molar-refractivity contribution >= 4 is 29.0 Å². The molecule has 0 saturated heterocycles. The minimum atomic E-state index is -4.53. The SMILES string of the molecule is O=C(Cc1ccc(-c2cnc3cc(-c4ccncc4)ccn23)cc1Cl)Nc1cc(C(F)(F)F)ccn1. The van der Waals surface area contributed by atoms with E-state index in [2.05, 4.69) is 20.3 Å². The lowest BCUT2D eigenvalue weighted by molar-refractivity contribution is -0.137. The fourth-order valence-electron chi connectivity index (χ4n) is 3.80. The highest BCUT2D eigenvalue weighted by atomic mass is 35.5. The maximum Gasteiger partial charge on any atom is 0.416 e. The molecule has 180 valence electrons. The van der Waals surface area contributed by atoms with Crippen LogP contribution < -0.4 is 5.32 Å². The molecule has 0 atom stereocenters. The van der Waals surface area contributed by atoms with Crippen molar-refractivity contribution in [3.05, 3.63) is 102 Å². The Labute approximate surface area is 208 Å². The Balaban J connectivity index is 1.34. The third kappa shape index (κ3) is 4.92. The molecule has 0 saturated carbocycles. The molecule has 0 spiro atoms. The van der Waals surface area contributed by atoms with Gasteiger partial charge in [0, 0.05) is 35.4 Å². The van der Waals surface area contributed by atoms with Crippen LogP contribution in [0.25, 0.3) is 28.0 Å². The highest BCUT2D eigenvalue weighted by Gasteiger charge is 2.30. The quantitative estimate of drug-likeness (QED) is 0.302. The summed E-state index contributed by atoms with van der Waals surface area (Å²) < 4.78 is 40.6. The second-order valence-corrected chi connectivity index (χ2v) is 8.39. The van der Waals surface area contributed by atoms with E-state index in [0.717, 1.165) is 46.4 Å². The van der Waals surface area contributed by atoms with Gasteiger partial charge >= 0.3 is 6.18 Å². The Morgan fingerprint density at radius 3 is 2.47 bits per heavy atom. The van der Waals surface area contributed by atoms with Crippen LogP contribution >= 0.6 is 11.6 Å². The van der Waals surface area contributed by atoms with E-state index in [0.29, 0.717) is 10.6 Å². The lowest BCUT2D eigenvalue weighted by atomic mass is 10.1. The Hall–Kier alpha value is -4.24. The minimum Gasteiger partial charge on any atom is -0.310 e. The molecule has 0 fully saturated rings. The summed E-state index contributed by atoms with van der Waals surface area (Å²) in [5, 5.41) is 2.74. The molecule has 1 amide bonds. The molecular formula is C26H17ClF3N5O. The van der Waals surface area contributed by atoms with Crippen LogP contribution in [-0.2, 0) is 17.4 Å². The summed E-state index contributed by atoms with van der Waals surface area (Å²) in [6, 6.07) is 14.7. The number of amides is 1. The number of imidazole rings is 1. The zero-order valence-corrected chi connectivity index (χ0v) is 19.3. The van der Waals surface area contributed by atoms with Gasteiger partial charge in [0.2, 0.25) is 5.91 Å². The van der Waals surface area contributed by atoms with Crippen molar-refractivity contribution in [2.45, 2.75) is 12.6 Å². The normalized spacial score (nSPS) is 11.6. The van der Waals surface area contributed by atoms with Crippen molar-refractivity contribution in [2.75, 3.05) is 5.32 Å².